The summed E-state index contributed by atoms with van der Waals surface area (Å²) in [6.45, 7) is 0.515. The molecule has 0 amide bonds. The molecule has 0 aliphatic carbocycles. The van der Waals surface area contributed by atoms with Crippen LogP contribution in [-0.2, 0) is 12.5 Å². The van der Waals surface area contributed by atoms with Gasteiger partial charge in [0.2, 0.25) is 0 Å². The Hall–Kier alpha value is -1.18. The normalized spacial score (nSPS) is 10.2. The van der Waals surface area contributed by atoms with E-state index in [1.54, 1.807) is 0 Å². The van der Waals surface area contributed by atoms with Gasteiger partial charge in [0.25, 0.3) is 0 Å². The zero-order valence-corrected chi connectivity index (χ0v) is 10.7. The van der Waals surface area contributed by atoms with Gasteiger partial charge in [0.1, 0.15) is 12.4 Å². The van der Waals surface area contributed by atoms with Crippen molar-refractivity contribution in [2.24, 2.45) is 0 Å². The minimum Gasteiger partial charge on any atom is -0.487 e. The quantitative estimate of drug-likeness (QED) is 0.732. The van der Waals surface area contributed by atoms with Gasteiger partial charge in [0.05, 0.1) is 5.02 Å². The largest absolute Gasteiger partial charge is 0.487 e. The van der Waals surface area contributed by atoms with Crippen LogP contribution in [0.25, 0.3) is 0 Å². The number of rotatable bonds is 4. The molecule has 0 unspecified atom stereocenters. The maximum absolute atomic E-state index is 6.09. The second kappa shape index (κ2) is 5.95. The van der Waals surface area contributed by atoms with E-state index in [2.05, 4.69) is 0 Å². The molecular formula is C14H12Cl2O. The van der Waals surface area contributed by atoms with Crippen molar-refractivity contribution in [1.82, 2.24) is 0 Å². The number of halogens is 2. The van der Waals surface area contributed by atoms with Crippen LogP contribution in [0.2, 0.25) is 5.02 Å². The summed E-state index contributed by atoms with van der Waals surface area (Å²) in [5, 5.41) is 0.596. The van der Waals surface area contributed by atoms with Crippen molar-refractivity contribution in [1.29, 1.82) is 0 Å². The molecule has 17 heavy (non-hydrogen) atoms. The van der Waals surface area contributed by atoms with Crippen molar-refractivity contribution in [3.05, 3.63) is 64.7 Å². The Morgan fingerprint density at radius 1 is 0.941 bits per heavy atom. The van der Waals surface area contributed by atoms with Crippen LogP contribution in [0, 0.1) is 0 Å². The van der Waals surface area contributed by atoms with Gasteiger partial charge in [-0.1, -0.05) is 48.0 Å². The van der Waals surface area contributed by atoms with E-state index in [0.717, 1.165) is 11.1 Å². The fraction of sp³-hybridized carbons (Fsp3) is 0.143. The lowest BCUT2D eigenvalue weighted by molar-refractivity contribution is 0.306. The van der Waals surface area contributed by atoms with E-state index in [4.69, 9.17) is 27.9 Å². The maximum Gasteiger partial charge on any atom is 0.138 e. The smallest absolute Gasteiger partial charge is 0.138 e. The molecule has 3 heteroatoms. The Morgan fingerprint density at radius 3 is 2.35 bits per heavy atom. The second-order valence-electron chi connectivity index (χ2n) is 3.67. The highest BCUT2D eigenvalue weighted by Gasteiger charge is 2.03. The van der Waals surface area contributed by atoms with Crippen molar-refractivity contribution in [3.63, 3.8) is 0 Å². The van der Waals surface area contributed by atoms with Crippen molar-refractivity contribution >= 4 is 23.2 Å². The highest BCUT2D eigenvalue weighted by atomic mass is 35.5. The summed E-state index contributed by atoms with van der Waals surface area (Å²) in [4.78, 5) is 0. The third kappa shape index (κ3) is 3.39. The standard InChI is InChI=1S/C14H12Cl2O/c15-9-12-6-7-14(13(16)8-12)17-10-11-4-2-1-3-5-11/h1-8H,9-10H2. The fourth-order valence-corrected chi connectivity index (χ4v) is 1.90. The summed E-state index contributed by atoms with van der Waals surface area (Å²) in [5.41, 5.74) is 2.11. The first-order chi connectivity index (χ1) is 8.29. The first-order valence-electron chi connectivity index (χ1n) is 5.30. The van der Waals surface area contributed by atoms with Crippen LogP contribution in [0.3, 0.4) is 0 Å². The van der Waals surface area contributed by atoms with Crippen LogP contribution in [0.15, 0.2) is 48.5 Å². The molecule has 0 N–H and O–H groups in total. The van der Waals surface area contributed by atoms with Crippen LogP contribution in [0.4, 0.5) is 0 Å². The van der Waals surface area contributed by atoms with E-state index in [9.17, 15) is 0 Å². The van der Waals surface area contributed by atoms with Gasteiger partial charge in [-0.2, -0.15) is 0 Å². The van der Waals surface area contributed by atoms with Gasteiger partial charge in [0.15, 0.2) is 0 Å². The molecule has 0 spiro atoms. The molecule has 2 aromatic carbocycles. The fourth-order valence-electron chi connectivity index (χ4n) is 1.48. The van der Waals surface area contributed by atoms with E-state index in [-0.39, 0.29) is 0 Å². The molecule has 0 saturated carbocycles. The molecule has 0 aliphatic heterocycles. The summed E-state index contributed by atoms with van der Waals surface area (Å²) in [5.74, 6) is 1.14. The Bertz CT molecular complexity index is 483. The lowest BCUT2D eigenvalue weighted by Gasteiger charge is -2.08. The minimum atomic E-state index is 0.457. The number of alkyl halides is 1. The van der Waals surface area contributed by atoms with Gasteiger partial charge in [0, 0.05) is 5.88 Å². The molecule has 0 aliphatic rings. The molecule has 2 rings (SSSR count). The van der Waals surface area contributed by atoms with Crippen molar-refractivity contribution in [2.45, 2.75) is 12.5 Å². The molecule has 0 heterocycles. The van der Waals surface area contributed by atoms with Gasteiger partial charge in [-0.3, -0.25) is 0 Å². The highest BCUT2D eigenvalue weighted by molar-refractivity contribution is 6.32. The topological polar surface area (TPSA) is 9.23 Å². The molecule has 1 nitrogen and oxygen atoms in total. The number of hydrogen-bond donors (Lipinski definition) is 0. The maximum atomic E-state index is 6.09. The minimum absolute atomic E-state index is 0.457. The van der Waals surface area contributed by atoms with Crippen LogP contribution in [0.1, 0.15) is 11.1 Å². The van der Waals surface area contributed by atoms with Crippen molar-refractivity contribution in [3.8, 4) is 5.75 Å². The first kappa shape index (κ1) is 12.3. The van der Waals surface area contributed by atoms with Crippen LogP contribution in [-0.4, -0.2) is 0 Å². The Balaban J connectivity index is 2.04. The van der Waals surface area contributed by atoms with Gasteiger partial charge >= 0.3 is 0 Å². The van der Waals surface area contributed by atoms with Gasteiger partial charge in [-0.05, 0) is 23.3 Å². The average molecular weight is 267 g/mol. The molecule has 0 radical (unpaired) electrons. The second-order valence-corrected chi connectivity index (χ2v) is 4.35. The Labute approximate surface area is 111 Å². The predicted octanol–water partition coefficient (Wildman–Crippen LogP) is 4.66. The van der Waals surface area contributed by atoms with Gasteiger partial charge in [-0.25, -0.2) is 0 Å². The van der Waals surface area contributed by atoms with E-state index in [1.807, 2.05) is 48.5 Å². The molecule has 88 valence electrons. The Kier molecular flexibility index (Phi) is 4.29. The first-order valence-corrected chi connectivity index (χ1v) is 6.22. The summed E-state index contributed by atoms with van der Waals surface area (Å²) >= 11 is 11.8. The molecule has 0 bridgehead atoms. The van der Waals surface area contributed by atoms with E-state index >= 15 is 0 Å². The average Bonchev–Trinajstić information content (AvgIpc) is 2.38. The SMILES string of the molecule is ClCc1ccc(OCc2ccccc2)c(Cl)c1. The highest BCUT2D eigenvalue weighted by Crippen LogP contribution is 2.26. The zero-order valence-electron chi connectivity index (χ0n) is 9.20. The predicted molar refractivity (Wildman–Crippen MR) is 71.8 cm³/mol. The summed E-state index contributed by atoms with van der Waals surface area (Å²) in [6, 6.07) is 15.6. The number of hydrogen-bond acceptors (Lipinski definition) is 1. The third-order valence-corrected chi connectivity index (χ3v) is 2.99. The summed E-state index contributed by atoms with van der Waals surface area (Å²) in [7, 11) is 0. The summed E-state index contributed by atoms with van der Waals surface area (Å²) < 4.78 is 5.65. The zero-order chi connectivity index (χ0) is 12.1. The lowest BCUT2D eigenvalue weighted by Crippen LogP contribution is -1.95. The van der Waals surface area contributed by atoms with Crippen LogP contribution < -0.4 is 4.74 Å². The molecule has 0 atom stereocenters. The molecule has 0 aromatic heterocycles. The third-order valence-electron chi connectivity index (χ3n) is 2.39. The summed E-state index contributed by atoms with van der Waals surface area (Å²) in [6.07, 6.45) is 0. The van der Waals surface area contributed by atoms with Gasteiger partial charge in [-0.15, -0.1) is 11.6 Å². The van der Waals surface area contributed by atoms with Gasteiger partial charge < -0.3 is 4.74 Å². The number of benzene rings is 2. The van der Waals surface area contributed by atoms with Crippen molar-refractivity contribution in [2.75, 3.05) is 0 Å². The molecule has 2 aromatic rings. The van der Waals surface area contributed by atoms with Crippen LogP contribution in [0.5, 0.6) is 5.75 Å². The molecule has 0 fully saturated rings. The van der Waals surface area contributed by atoms with E-state index < -0.39 is 0 Å². The van der Waals surface area contributed by atoms with E-state index in [0.29, 0.717) is 23.3 Å². The number of ether oxygens (including phenoxy) is 1. The lowest BCUT2D eigenvalue weighted by atomic mass is 10.2. The van der Waals surface area contributed by atoms with Crippen molar-refractivity contribution < 1.29 is 4.74 Å². The monoisotopic (exact) mass is 266 g/mol. The molecule has 0 saturated heterocycles. The van der Waals surface area contributed by atoms with Crippen LogP contribution >= 0.6 is 23.2 Å². The van der Waals surface area contributed by atoms with E-state index in [1.165, 1.54) is 0 Å². The molecular weight excluding hydrogens is 255 g/mol. The Morgan fingerprint density at radius 2 is 1.71 bits per heavy atom.